The Morgan fingerprint density at radius 2 is 2.41 bits per heavy atom. The lowest BCUT2D eigenvalue weighted by Crippen LogP contribution is -2.55. The summed E-state index contributed by atoms with van der Waals surface area (Å²) in [6.07, 6.45) is 5.74. The van der Waals surface area contributed by atoms with Crippen LogP contribution in [0.1, 0.15) is 26.7 Å². The fraction of sp³-hybridized carbons (Fsp3) is 0.667. The molecule has 2 unspecified atom stereocenters. The summed E-state index contributed by atoms with van der Waals surface area (Å²) in [4.78, 5) is 12.0. The number of nitrogens with zero attached hydrogens (tertiary/aromatic N) is 2. The average molecular weight is 236 g/mol. The number of nitrogens with one attached hydrogen (secondary N) is 1. The molecule has 1 saturated carbocycles. The van der Waals surface area contributed by atoms with Crippen molar-refractivity contribution in [3.8, 4) is 0 Å². The van der Waals surface area contributed by atoms with Crippen molar-refractivity contribution in [2.75, 3.05) is 0 Å². The molecule has 0 radical (unpaired) electrons. The number of hydrogen-bond acceptors (Lipinski definition) is 3. The van der Waals surface area contributed by atoms with Gasteiger partial charge in [-0.1, -0.05) is 0 Å². The molecule has 94 valence electrons. The van der Waals surface area contributed by atoms with Crippen molar-refractivity contribution in [2.24, 2.45) is 11.7 Å². The van der Waals surface area contributed by atoms with Crippen molar-refractivity contribution in [2.45, 2.75) is 44.8 Å². The van der Waals surface area contributed by atoms with E-state index < -0.39 is 5.54 Å². The van der Waals surface area contributed by atoms with Crippen LogP contribution in [0.5, 0.6) is 0 Å². The Labute approximate surface area is 101 Å². The second kappa shape index (κ2) is 4.49. The van der Waals surface area contributed by atoms with Gasteiger partial charge in [0.15, 0.2) is 0 Å². The number of aromatic nitrogens is 2. The summed E-state index contributed by atoms with van der Waals surface area (Å²) in [5, 5.41) is 7.06. The van der Waals surface area contributed by atoms with Gasteiger partial charge in [0, 0.05) is 18.4 Å². The largest absolute Gasteiger partial charge is 0.350 e. The molecular formula is C12H20N4O. The lowest BCUT2D eigenvalue weighted by molar-refractivity contribution is -0.127. The van der Waals surface area contributed by atoms with Crippen LogP contribution in [-0.2, 0) is 11.3 Å². The van der Waals surface area contributed by atoms with Crippen molar-refractivity contribution >= 4 is 5.91 Å². The predicted molar refractivity (Wildman–Crippen MR) is 65.1 cm³/mol. The Kier molecular flexibility index (Phi) is 3.19. The van der Waals surface area contributed by atoms with Gasteiger partial charge in [0.2, 0.25) is 5.91 Å². The van der Waals surface area contributed by atoms with Gasteiger partial charge < -0.3 is 11.1 Å². The first-order chi connectivity index (χ1) is 8.00. The molecule has 1 aliphatic rings. The topological polar surface area (TPSA) is 72.9 Å². The average Bonchev–Trinajstić information content (AvgIpc) is 3.00. The Bertz CT molecular complexity index is 381. The standard InChI is InChI=1S/C12H20N4O/c1-9(8-16-7-3-6-14-16)15-11(17)12(2,13)10-4-5-10/h3,6-7,9-10H,4-5,8,13H2,1-2H3,(H,15,17). The first-order valence-corrected chi connectivity index (χ1v) is 6.07. The van der Waals surface area contributed by atoms with Gasteiger partial charge >= 0.3 is 0 Å². The molecule has 0 aliphatic heterocycles. The highest BCUT2D eigenvalue weighted by molar-refractivity contribution is 5.86. The van der Waals surface area contributed by atoms with Gasteiger partial charge in [0.05, 0.1) is 12.1 Å². The van der Waals surface area contributed by atoms with Crippen LogP contribution in [0.25, 0.3) is 0 Å². The Morgan fingerprint density at radius 3 is 2.94 bits per heavy atom. The number of carbonyl (C=O) groups is 1. The molecule has 5 heteroatoms. The minimum absolute atomic E-state index is 0.0315. The van der Waals surface area contributed by atoms with Crippen LogP contribution in [0.15, 0.2) is 18.5 Å². The third-order valence-corrected chi connectivity index (χ3v) is 3.31. The molecule has 1 heterocycles. The van der Waals surface area contributed by atoms with Crippen molar-refractivity contribution in [1.29, 1.82) is 0 Å². The number of hydrogen-bond donors (Lipinski definition) is 2. The van der Waals surface area contributed by atoms with Crippen molar-refractivity contribution < 1.29 is 4.79 Å². The van der Waals surface area contributed by atoms with Crippen molar-refractivity contribution in [3.63, 3.8) is 0 Å². The van der Waals surface area contributed by atoms with E-state index in [9.17, 15) is 4.79 Å². The maximum atomic E-state index is 12.0. The first kappa shape index (κ1) is 12.1. The molecule has 1 fully saturated rings. The SMILES string of the molecule is CC(Cn1cccn1)NC(=O)C(C)(N)C1CC1. The monoisotopic (exact) mass is 236 g/mol. The highest BCUT2D eigenvalue weighted by Crippen LogP contribution is 2.38. The summed E-state index contributed by atoms with van der Waals surface area (Å²) >= 11 is 0. The molecule has 1 amide bonds. The third kappa shape index (κ3) is 2.85. The number of nitrogens with two attached hydrogens (primary N) is 1. The van der Waals surface area contributed by atoms with Gasteiger partial charge in [-0.3, -0.25) is 9.48 Å². The lowest BCUT2D eigenvalue weighted by atomic mass is 9.96. The second-order valence-corrected chi connectivity index (χ2v) is 5.16. The maximum absolute atomic E-state index is 12.0. The molecule has 0 bridgehead atoms. The number of carbonyl (C=O) groups excluding carboxylic acids is 1. The normalized spacial score (nSPS) is 20.6. The van der Waals surface area contributed by atoms with Crippen LogP contribution in [0.2, 0.25) is 0 Å². The predicted octanol–water partition coefficient (Wildman–Crippen LogP) is 0.515. The molecule has 0 aromatic carbocycles. The summed E-state index contributed by atoms with van der Waals surface area (Å²) in [7, 11) is 0. The molecule has 1 aromatic heterocycles. The zero-order chi connectivity index (χ0) is 12.5. The second-order valence-electron chi connectivity index (χ2n) is 5.16. The van der Waals surface area contributed by atoms with Gasteiger partial charge in [-0.2, -0.15) is 5.10 Å². The van der Waals surface area contributed by atoms with Crippen LogP contribution < -0.4 is 11.1 Å². The van der Waals surface area contributed by atoms with Crippen LogP contribution in [0.3, 0.4) is 0 Å². The molecule has 5 nitrogen and oxygen atoms in total. The quantitative estimate of drug-likeness (QED) is 0.782. The lowest BCUT2D eigenvalue weighted by Gasteiger charge is -2.25. The van der Waals surface area contributed by atoms with Gasteiger partial charge in [0.25, 0.3) is 0 Å². The summed E-state index contributed by atoms with van der Waals surface area (Å²) in [5.74, 6) is 0.291. The molecule has 2 atom stereocenters. The van der Waals surface area contributed by atoms with Crippen LogP contribution in [0.4, 0.5) is 0 Å². The number of rotatable bonds is 5. The van der Waals surface area contributed by atoms with E-state index in [4.69, 9.17) is 5.73 Å². The fourth-order valence-corrected chi connectivity index (χ4v) is 1.98. The van der Waals surface area contributed by atoms with E-state index in [1.54, 1.807) is 10.9 Å². The Hall–Kier alpha value is -1.36. The smallest absolute Gasteiger partial charge is 0.240 e. The van der Waals surface area contributed by atoms with Gasteiger partial charge in [-0.25, -0.2) is 0 Å². The molecule has 0 spiro atoms. The summed E-state index contributed by atoms with van der Waals surface area (Å²) in [6, 6.07) is 1.90. The fourth-order valence-electron chi connectivity index (χ4n) is 1.98. The van der Waals surface area contributed by atoms with E-state index in [2.05, 4.69) is 10.4 Å². The van der Waals surface area contributed by atoms with E-state index in [0.29, 0.717) is 12.5 Å². The molecule has 1 aromatic rings. The Balaban J connectivity index is 1.85. The van der Waals surface area contributed by atoms with E-state index in [-0.39, 0.29) is 11.9 Å². The minimum atomic E-state index is -0.724. The van der Waals surface area contributed by atoms with E-state index in [1.165, 1.54) is 0 Å². The first-order valence-electron chi connectivity index (χ1n) is 6.07. The van der Waals surface area contributed by atoms with Crippen molar-refractivity contribution in [3.05, 3.63) is 18.5 Å². The number of amides is 1. The summed E-state index contributed by atoms with van der Waals surface area (Å²) in [6.45, 7) is 4.45. The molecule has 3 N–H and O–H groups in total. The highest BCUT2D eigenvalue weighted by atomic mass is 16.2. The molecular weight excluding hydrogens is 216 g/mol. The molecule has 2 rings (SSSR count). The zero-order valence-electron chi connectivity index (χ0n) is 10.4. The van der Waals surface area contributed by atoms with Gasteiger partial charge in [-0.15, -0.1) is 0 Å². The van der Waals surface area contributed by atoms with Crippen molar-refractivity contribution in [1.82, 2.24) is 15.1 Å². The summed E-state index contributed by atoms with van der Waals surface area (Å²) < 4.78 is 1.80. The van der Waals surface area contributed by atoms with Gasteiger partial charge in [-0.05, 0) is 38.7 Å². The van der Waals surface area contributed by atoms with E-state index in [1.807, 2.05) is 26.1 Å². The maximum Gasteiger partial charge on any atom is 0.240 e. The minimum Gasteiger partial charge on any atom is -0.350 e. The van der Waals surface area contributed by atoms with Gasteiger partial charge in [0.1, 0.15) is 0 Å². The molecule has 17 heavy (non-hydrogen) atoms. The van der Waals surface area contributed by atoms with Crippen LogP contribution >= 0.6 is 0 Å². The highest BCUT2D eigenvalue weighted by Gasteiger charge is 2.44. The Morgan fingerprint density at radius 1 is 1.71 bits per heavy atom. The third-order valence-electron chi connectivity index (χ3n) is 3.31. The summed E-state index contributed by atoms with van der Waals surface area (Å²) in [5.41, 5.74) is 5.33. The van der Waals surface area contributed by atoms with Crippen LogP contribution in [-0.4, -0.2) is 27.3 Å². The molecule has 1 aliphatic carbocycles. The van der Waals surface area contributed by atoms with E-state index in [0.717, 1.165) is 12.8 Å². The molecule has 0 saturated heterocycles. The van der Waals surface area contributed by atoms with Crippen LogP contribution in [0, 0.1) is 5.92 Å². The van der Waals surface area contributed by atoms with E-state index >= 15 is 0 Å². The zero-order valence-corrected chi connectivity index (χ0v) is 10.4.